The molecule has 0 spiro atoms. The van der Waals surface area contributed by atoms with Gasteiger partial charge in [-0.1, -0.05) is 0 Å². The van der Waals surface area contributed by atoms with Crippen molar-refractivity contribution in [2.24, 2.45) is 0 Å². The van der Waals surface area contributed by atoms with Crippen LogP contribution in [0, 0.1) is 13.8 Å². The highest BCUT2D eigenvalue weighted by molar-refractivity contribution is 7.13. The molecule has 2 nitrogen and oxygen atoms in total. The van der Waals surface area contributed by atoms with E-state index in [-0.39, 0.29) is 0 Å². The highest BCUT2D eigenvalue weighted by Gasteiger charge is 2.04. The minimum atomic E-state index is 1.05. The summed E-state index contributed by atoms with van der Waals surface area (Å²) in [6.07, 6.45) is 3.48. The maximum absolute atomic E-state index is 4.25. The molecule has 0 amide bonds. The molecule has 11 heavy (non-hydrogen) atoms. The summed E-state index contributed by atoms with van der Waals surface area (Å²) in [7, 11) is 0. The van der Waals surface area contributed by atoms with Crippen LogP contribution >= 0.6 is 11.3 Å². The maximum Gasteiger partial charge on any atom is 0.103 e. The van der Waals surface area contributed by atoms with E-state index in [9.17, 15) is 0 Å². The van der Waals surface area contributed by atoms with Gasteiger partial charge in [0.15, 0.2) is 0 Å². The van der Waals surface area contributed by atoms with Gasteiger partial charge in [-0.05, 0) is 13.8 Å². The topological polar surface area (TPSA) is 25.8 Å². The van der Waals surface area contributed by atoms with Crippen LogP contribution in [0.3, 0.4) is 0 Å². The zero-order valence-corrected chi connectivity index (χ0v) is 7.27. The third-order valence-corrected chi connectivity index (χ3v) is 2.67. The fourth-order valence-corrected chi connectivity index (χ4v) is 2.13. The third-order valence-electron chi connectivity index (χ3n) is 1.67. The summed E-state index contributed by atoms with van der Waals surface area (Å²) in [6.45, 7) is 4.16. The Hall–Kier alpha value is -0.960. The van der Waals surface area contributed by atoms with Gasteiger partial charge in [-0.3, -0.25) is 9.97 Å². The van der Waals surface area contributed by atoms with Gasteiger partial charge >= 0.3 is 0 Å². The van der Waals surface area contributed by atoms with Crippen molar-refractivity contribution in [1.29, 1.82) is 0 Å². The second-order valence-electron chi connectivity index (χ2n) is 2.47. The summed E-state index contributed by atoms with van der Waals surface area (Å²) in [5.74, 6) is 0. The highest BCUT2D eigenvalue weighted by atomic mass is 32.1. The van der Waals surface area contributed by atoms with E-state index in [1.807, 2.05) is 0 Å². The molecule has 0 radical (unpaired) electrons. The second-order valence-corrected chi connectivity index (χ2v) is 3.90. The molecule has 0 aromatic carbocycles. The Morgan fingerprint density at radius 1 is 1.00 bits per heavy atom. The van der Waals surface area contributed by atoms with E-state index in [0.29, 0.717) is 0 Å². The predicted octanol–water partition coefficient (Wildman–Crippen LogP) is 2.31. The van der Waals surface area contributed by atoms with Gasteiger partial charge in [-0.15, -0.1) is 11.3 Å². The average Bonchev–Trinajstić information content (AvgIpc) is 2.30. The quantitative estimate of drug-likeness (QED) is 0.597. The Kier molecular flexibility index (Phi) is 1.39. The molecule has 0 N–H and O–H groups in total. The monoisotopic (exact) mass is 164 g/mol. The van der Waals surface area contributed by atoms with Gasteiger partial charge in [0.05, 0.1) is 0 Å². The summed E-state index contributed by atoms with van der Waals surface area (Å²) in [5, 5.41) is 0. The summed E-state index contributed by atoms with van der Waals surface area (Å²) < 4.78 is 0. The van der Waals surface area contributed by atoms with Gasteiger partial charge in [0.25, 0.3) is 0 Å². The molecular formula is C8H8N2S. The van der Waals surface area contributed by atoms with Crippen molar-refractivity contribution in [3.05, 3.63) is 22.1 Å². The molecule has 2 heterocycles. The number of thiophene rings is 1. The minimum absolute atomic E-state index is 1.05. The number of hydrogen-bond donors (Lipinski definition) is 0. The molecule has 2 aromatic heterocycles. The van der Waals surface area contributed by atoms with Crippen LogP contribution < -0.4 is 0 Å². The number of aromatic nitrogens is 2. The van der Waals surface area contributed by atoms with Crippen LogP contribution in [0.25, 0.3) is 11.0 Å². The zero-order valence-electron chi connectivity index (χ0n) is 6.46. The molecule has 0 saturated heterocycles. The summed E-state index contributed by atoms with van der Waals surface area (Å²) >= 11 is 1.76. The molecule has 2 aromatic rings. The first-order valence-electron chi connectivity index (χ1n) is 3.46. The van der Waals surface area contributed by atoms with E-state index in [1.54, 1.807) is 23.7 Å². The Balaban J connectivity index is 2.95. The van der Waals surface area contributed by atoms with Gasteiger partial charge < -0.3 is 0 Å². The van der Waals surface area contributed by atoms with E-state index in [4.69, 9.17) is 0 Å². The molecule has 0 atom stereocenters. The molecule has 2 rings (SSSR count). The lowest BCUT2D eigenvalue weighted by molar-refractivity contribution is 1.29. The van der Waals surface area contributed by atoms with Gasteiger partial charge in [-0.25, -0.2) is 0 Å². The highest BCUT2D eigenvalue weighted by Crippen LogP contribution is 2.25. The van der Waals surface area contributed by atoms with Crippen molar-refractivity contribution in [3.8, 4) is 0 Å². The molecule has 0 aliphatic rings. The normalized spacial score (nSPS) is 10.7. The lowest BCUT2D eigenvalue weighted by Crippen LogP contribution is -1.78. The summed E-state index contributed by atoms with van der Waals surface area (Å²) in [6, 6.07) is 0. The second kappa shape index (κ2) is 2.27. The van der Waals surface area contributed by atoms with Crippen molar-refractivity contribution in [3.63, 3.8) is 0 Å². The minimum Gasteiger partial charge on any atom is -0.252 e. The Bertz CT molecular complexity index is 356. The summed E-state index contributed by atoms with van der Waals surface area (Å²) in [5.41, 5.74) is 2.10. The van der Waals surface area contributed by atoms with Crippen molar-refractivity contribution in [1.82, 2.24) is 9.97 Å². The van der Waals surface area contributed by atoms with E-state index in [0.717, 1.165) is 11.0 Å². The van der Waals surface area contributed by atoms with Crippen LogP contribution in [-0.2, 0) is 0 Å². The summed E-state index contributed by atoms with van der Waals surface area (Å²) in [4.78, 5) is 11.0. The van der Waals surface area contributed by atoms with E-state index in [1.165, 1.54) is 9.75 Å². The third kappa shape index (κ3) is 0.922. The molecule has 3 heteroatoms. The van der Waals surface area contributed by atoms with Gasteiger partial charge in [0.1, 0.15) is 11.0 Å². The fourth-order valence-electron chi connectivity index (χ4n) is 1.18. The van der Waals surface area contributed by atoms with Crippen LogP contribution in [-0.4, -0.2) is 9.97 Å². The Morgan fingerprint density at radius 3 is 1.91 bits per heavy atom. The van der Waals surface area contributed by atoms with Crippen molar-refractivity contribution in [2.45, 2.75) is 13.8 Å². The lowest BCUT2D eigenvalue weighted by Gasteiger charge is -1.87. The molecular weight excluding hydrogens is 156 g/mol. The van der Waals surface area contributed by atoms with Crippen molar-refractivity contribution < 1.29 is 0 Å². The lowest BCUT2D eigenvalue weighted by atomic mass is 10.3. The Morgan fingerprint density at radius 2 is 1.45 bits per heavy atom. The first kappa shape index (κ1) is 6.73. The molecule has 0 fully saturated rings. The SMILES string of the molecule is Cc1sc(C)c2nccnc12. The molecule has 0 aliphatic carbocycles. The molecule has 0 saturated carbocycles. The van der Waals surface area contributed by atoms with Gasteiger partial charge in [0, 0.05) is 22.1 Å². The zero-order chi connectivity index (χ0) is 7.84. The van der Waals surface area contributed by atoms with Crippen LogP contribution in [0.1, 0.15) is 9.75 Å². The molecule has 0 unspecified atom stereocenters. The average molecular weight is 164 g/mol. The predicted molar refractivity (Wildman–Crippen MR) is 46.9 cm³/mol. The van der Waals surface area contributed by atoms with Crippen LogP contribution in [0.5, 0.6) is 0 Å². The van der Waals surface area contributed by atoms with Crippen molar-refractivity contribution >= 4 is 22.4 Å². The number of nitrogens with zero attached hydrogens (tertiary/aromatic N) is 2. The van der Waals surface area contributed by atoms with E-state index >= 15 is 0 Å². The molecule has 0 bridgehead atoms. The number of rotatable bonds is 0. The fraction of sp³-hybridized carbons (Fsp3) is 0.250. The first-order valence-corrected chi connectivity index (χ1v) is 4.27. The van der Waals surface area contributed by atoms with Crippen LogP contribution in [0.15, 0.2) is 12.4 Å². The first-order chi connectivity index (χ1) is 5.29. The largest absolute Gasteiger partial charge is 0.252 e. The Labute approximate surface area is 68.9 Å². The number of hydrogen-bond acceptors (Lipinski definition) is 3. The molecule has 0 aliphatic heterocycles. The van der Waals surface area contributed by atoms with Gasteiger partial charge in [0.2, 0.25) is 0 Å². The maximum atomic E-state index is 4.25. The standard InChI is InChI=1S/C8H8N2S/c1-5-7-8(6(2)11-5)10-4-3-9-7/h3-4H,1-2H3. The van der Waals surface area contributed by atoms with Gasteiger partial charge in [-0.2, -0.15) is 0 Å². The smallest absolute Gasteiger partial charge is 0.103 e. The number of aryl methyl sites for hydroxylation is 2. The van der Waals surface area contributed by atoms with E-state index in [2.05, 4.69) is 23.8 Å². The van der Waals surface area contributed by atoms with Crippen LogP contribution in [0.4, 0.5) is 0 Å². The van der Waals surface area contributed by atoms with Crippen molar-refractivity contribution in [2.75, 3.05) is 0 Å². The van der Waals surface area contributed by atoms with Crippen LogP contribution in [0.2, 0.25) is 0 Å². The molecule has 56 valence electrons. The number of fused-ring (bicyclic) bond motifs is 1. The van der Waals surface area contributed by atoms with E-state index < -0.39 is 0 Å².